The smallest absolute Gasteiger partial charge is 0.259 e. The summed E-state index contributed by atoms with van der Waals surface area (Å²) in [4.78, 5) is 30.8. The first-order chi connectivity index (χ1) is 11.7. The molecule has 0 aliphatic carbocycles. The lowest BCUT2D eigenvalue weighted by atomic mass is 10.1. The van der Waals surface area contributed by atoms with Gasteiger partial charge >= 0.3 is 0 Å². The first-order valence-electron chi connectivity index (χ1n) is 7.86. The number of carbonyl (C=O) groups excluding carboxylic acids is 2. The van der Waals surface area contributed by atoms with Crippen molar-refractivity contribution in [2.75, 3.05) is 36.5 Å². The molecule has 1 aromatic carbocycles. The van der Waals surface area contributed by atoms with E-state index in [9.17, 15) is 9.59 Å². The molecule has 1 aliphatic heterocycles. The number of nitrogens with zero attached hydrogens (tertiary/aromatic N) is 2. The van der Waals surface area contributed by atoms with Gasteiger partial charge in [-0.05, 0) is 31.2 Å². The highest BCUT2D eigenvalue weighted by Crippen LogP contribution is 2.22. The van der Waals surface area contributed by atoms with Crippen LogP contribution in [0.2, 0.25) is 0 Å². The van der Waals surface area contributed by atoms with Crippen molar-refractivity contribution in [3.05, 3.63) is 53.7 Å². The van der Waals surface area contributed by atoms with Crippen molar-refractivity contribution in [3.8, 4) is 0 Å². The van der Waals surface area contributed by atoms with E-state index in [0.717, 1.165) is 0 Å². The van der Waals surface area contributed by atoms with Crippen LogP contribution in [0.5, 0.6) is 0 Å². The van der Waals surface area contributed by atoms with Crippen LogP contribution in [-0.2, 0) is 4.74 Å². The summed E-state index contributed by atoms with van der Waals surface area (Å²) in [6.07, 6.45) is 1.67. The van der Waals surface area contributed by atoms with Crippen LogP contribution >= 0.6 is 0 Å². The SMILES string of the molecule is CC(=O)c1ccccc1NC(=O)c1cccnc1N1CCOCC1. The van der Waals surface area contributed by atoms with Crippen LogP contribution in [0.25, 0.3) is 0 Å². The van der Waals surface area contributed by atoms with Crippen LogP contribution in [-0.4, -0.2) is 43.0 Å². The van der Waals surface area contributed by atoms with Gasteiger partial charge in [-0.2, -0.15) is 0 Å². The fourth-order valence-corrected chi connectivity index (χ4v) is 2.69. The van der Waals surface area contributed by atoms with Crippen molar-refractivity contribution in [3.63, 3.8) is 0 Å². The minimum Gasteiger partial charge on any atom is -0.378 e. The van der Waals surface area contributed by atoms with E-state index < -0.39 is 0 Å². The summed E-state index contributed by atoms with van der Waals surface area (Å²) in [6.45, 7) is 4.10. The van der Waals surface area contributed by atoms with Crippen LogP contribution < -0.4 is 10.2 Å². The Bertz CT molecular complexity index is 755. The summed E-state index contributed by atoms with van der Waals surface area (Å²) in [7, 11) is 0. The Labute approximate surface area is 140 Å². The predicted octanol–water partition coefficient (Wildman–Crippen LogP) is 2.37. The maximum atomic E-state index is 12.7. The average Bonchev–Trinajstić information content (AvgIpc) is 2.62. The molecule has 1 amide bonds. The summed E-state index contributed by atoms with van der Waals surface area (Å²) in [5.74, 6) is 0.266. The minimum atomic E-state index is -0.279. The van der Waals surface area contributed by atoms with Gasteiger partial charge < -0.3 is 15.0 Å². The molecule has 3 rings (SSSR count). The highest BCUT2D eigenvalue weighted by molar-refractivity contribution is 6.11. The van der Waals surface area contributed by atoms with E-state index in [1.807, 2.05) is 4.90 Å². The molecule has 6 heteroatoms. The molecule has 124 valence electrons. The Morgan fingerprint density at radius 2 is 1.79 bits per heavy atom. The second-order valence-corrected chi connectivity index (χ2v) is 5.53. The van der Waals surface area contributed by atoms with Gasteiger partial charge in [0.15, 0.2) is 5.78 Å². The van der Waals surface area contributed by atoms with E-state index in [-0.39, 0.29) is 11.7 Å². The molecule has 1 saturated heterocycles. The first-order valence-corrected chi connectivity index (χ1v) is 7.86. The molecule has 0 saturated carbocycles. The molecule has 2 heterocycles. The summed E-state index contributed by atoms with van der Waals surface area (Å²) in [5, 5.41) is 2.83. The van der Waals surface area contributed by atoms with E-state index in [0.29, 0.717) is 48.9 Å². The van der Waals surface area contributed by atoms with Gasteiger partial charge in [-0.25, -0.2) is 4.98 Å². The third-order valence-corrected chi connectivity index (χ3v) is 3.90. The molecule has 2 aromatic rings. The number of rotatable bonds is 4. The Morgan fingerprint density at radius 1 is 1.08 bits per heavy atom. The quantitative estimate of drug-likeness (QED) is 0.874. The summed E-state index contributed by atoms with van der Waals surface area (Å²) < 4.78 is 5.35. The van der Waals surface area contributed by atoms with Crippen molar-refractivity contribution < 1.29 is 14.3 Å². The van der Waals surface area contributed by atoms with Crippen LogP contribution in [0.15, 0.2) is 42.6 Å². The standard InChI is InChI=1S/C18H19N3O3/c1-13(22)14-5-2-3-7-16(14)20-18(23)15-6-4-8-19-17(15)21-9-11-24-12-10-21/h2-8H,9-12H2,1H3,(H,20,23). The van der Waals surface area contributed by atoms with Crippen LogP contribution in [0, 0.1) is 0 Å². The molecular weight excluding hydrogens is 306 g/mol. The van der Waals surface area contributed by atoms with Gasteiger partial charge in [-0.3, -0.25) is 9.59 Å². The largest absolute Gasteiger partial charge is 0.378 e. The zero-order chi connectivity index (χ0) is 16.9. The summed E-state index contributed by atoms with van der Waals surface area (Å²) >= 11 is 0. The number of ether oxygens (including phenoxy) is 1. The molecule has 24 heavy (non-hydrogen) atoms. The predicted molar refractivity (Wildman–Crippen MR) is 91.7 cm³/mol. The Kier molecular flexibility index (Phi) is 4.86. The summed E-state index contributed by atoms with van der Waals surface area (Å²) in [5.41, 5.74) is 1.48. The third kappa shape index (κ3) is 3.44. The molecule has 1 N–H and O–H groups in total. The maximum absolute atomic E-state index is 12.7. The lowest BCUT2D eigenvalue weighted by Gasteiger charge is -2.29. The third-order valence-electron chi connectivity index (χ3n) is 3.90. The fourth-order valence-electron chi connectivity index (χ4n) is 2.69. The molecule has 0 spiro atoms. The maximum Gasteiger partial charge on any atom is 0.259 e. The summed E-state index contributed by atoms with van der Waals surface area (Å²) in [6, 6.07) is 10.5. The normalized spacial score (nSPS) is 14.3. The van der Waals surface area contributed by atoms with Gasteiger partial charge in [0.1, 0.15) is 5.82 Å². The second-order valence-electron chi connectivity index (χ2n) is 5.53. The number of Topliss-reactive ketones (excluding diaryl/α,β-unsaturated/α-hetero) is 1. The van der Waals surface area contributed by atoms with Gasteiger partial charge in [0.2, 0.25) is 0 Å². The van der Waals surface area contributed by atoms with Gasteiger partial charge in [0, 0.05) is 24.8 Å². The zero-order valence-electron chi connectivity index (χ0n) is 13.5. The van der Waals surface area contributed by atoms with Crippen molar-refractivity contribution >= 4 is 23.2 Å². The molecule has 1 fully saturated rings. The number of aromatic nitrogens is 1. The number of pyridine rings is 1. The van der Waals surface area contributed by atoms with E-state index in [2.05, 4.69) is 10.3 Å². The van der Waals surface area contributed by atoms with Gasteiger partial charge in [0.25, 0.3) is 5.91 Å². The topological polar surface area (TPSA) is 71.5 Å². The van der Waals surface area contributed by atoms with Crippen LogP contribution in [0.4, 0.5) is 11.5 Å². The van der Waals surface area contributed by atoms with Crippen molar-refractivity contribution in [2.45, 2.75) is 6.92 Å². The van der Waals surface area contributed by atoms with E-state index in [4.69, 9.17) is 4.74 Å². The monoisotopic (exact) mass is 325 g/mol. The van der Waals surface area contributed by atoms with Crippen LogP contribution in [0.3, 0.4) is 0 Å². The highest BCUT2D eigenvalue weighted by atomic mass is 16.5. The zero-order valence-corrected chi connectivity index (χ0v) is 13.5. The molecule has 0 unspecified atom stereocenters. The van der Waals surface area contributed by atoms with Crippen molar-refractivity contribution in [1.29, 1.82) is 0 Å². The average molecular weight is 325 g/mol. The number of hydrogen-bond donors (Lipinski definition) is 1. The number of morpholine rings is 1. The number of para-hydroxylation sites is 1. The lowest BCUT2D eigenvalue weighted by Crippen LogP contribution is -2.38. The Hall–Kier alpha value is -2.73. The number of benzene rings is 1. The molecule has 0 bridgehead atoms. The first kappa shape index (κ1) is 16.1. The molecular formula is C18H19N3O3. The van der Waals surface area contributed by atoms with Gasteiger partial charge in [-0.15, -0.1) is 0 Å². The Morgan fingerprint density at radius 3 is 2.54 bits per heavy atom. The van der Waals surface area contributed by atoms with E-state index in [1.54, 1.807) is 42.6 Å². The fraction of sp³-hybridized carbons (Fsp3) is 0.278. The number of amides is 1. The van der Waals surface area contributed by atoms with Gasteiger partial charge in [-0.1, -0.05) is 12.1 Å². The number of ketones is 1. The molecule has 0 atom stereocenters. The molecule has 1 aliphatic rings. The van der Waals surface area contributed by atoms with Crippen molar-refractivity contribution in [1.82, 2.24) is 4.98 Å². The Balaban J connectivity index is 1.87. The van der Waals surface area contributed by atoms with E-state index >= 15 is 0 Å². The number of nitrogens with one attached hydrogen (secondary N) is 1. The second kappa shape index (κ2) is 7.23. The van der Waals surface area contributed by atoms with Gasteiger partial charge in [0.05, 0.1) is 24.5 Å². The van der Waals surface area contributed by atoms with Crippen LogP contribution in [0.1, 0.15) is 27.6 Å². The molecule has 1 aromatic heterocycles. The van der Waals surface area contributed by atoms with E-state index in [1.165, 1.54) is 6.92 Å². The number of anilines is 2. The number of hydrogen-bond acceptors (Lipinski definition) is 5. The number of carbonyl (C=O) groups is 2. The van der Waals surface area contributed by atoms with Crippen molar-refractivity contribution in [2.24, 2.45) is 0 Å². The molecule has 6 nitrogen and oxygen atoms in total. The highest BCUT2D eigenvalue weighted by Gasteiger charge is 2.20. The minimum absolute atomic E-state index is 0.0921. The lowest BCUT2D eigenvalue weighted by molar-refractivity contribution is 0.101. The molecule has 0 radical (unpaired) electrons.